The van der Waals surface area contributed by atoms with Crippen LogP contribution in [0.2, 0.25) is 0 Å². The Morgan fingerprint density at radius 1 is 1.16 bits per heavy atom. The summed E-state index contributed by atoms with van der Waals surface area (Å²) in [6.07, 6.45) is 8.96. The Morgan fingerprint density at radius 2 is 1.58 bits per heavy atom. The molecule has 4 aliphatic carbocycles. The fourth-order valence-corrected chi connectivity index (χ4v) is 5.74. The van der Waals surface area contributed by atoms with Gasteiger partial charge in [0.25, 0.3) is 0 Å². The molecule has 0 heterocycles. The van der Waals surface area contributed by atoms with E-state index in [0.29, 0.717) is 17.4 Å². The summed E-state index contributed by atoms with van der Waals surface area (Å²) >= 11 is 0. The lowest BCUT2D eigenvalue weighted by molar-refractivity contribution is -0.136. The zero-order valence-electron chi connectivity index (χ0n) is 12.2. The van der Waals surface area contributed by atoms with Crippen molar-refractivity contribution >= 4 is 5.97 Å². The minimum absolute atomic E-state index is 0.0818. The molecule has 4 bridgehead atoms. The van der Waals surface area contributed by atoms with Crippen LogP contribution in [0.25, 0.3) is 0 Å². The van der Waals surface area contributed by atoms with Crippen LogP contribution >= 0.6 is 0 Å². The van der Waals surface area contributed by atoms with Gasteiger partial charge in [-0.2, -0.15) is 0 Å². The van der Waals surface area contributed by atoms with Crippen LogP contribution in [-0.2, 0) is 4.79 Å². The van der Waals surface area contributed by atoms with Crippen LogP contribution in [-0.4, -0.2) is 11.1 Å². The molecule has 2 nitrogen and oxygen atoms in total. The van der Waals surface area contributed by atoms with Crippen LogP contribution in [0, 0.1) is 28.6 Å². The van der Waals surface area contributed by atoms with E-state index in [1.165, 1.54) is 38.5 Å². The number of rotatable bonds is 4. The van der Waals surface area contributed by atoms with E-state index >= 15 is 0 Å². The molecule has 4 saturated carbocycles. The van der Waals surface area contributed by atoms with E-state index in [1.54, 1.807) is 0 Å². The number of hydrogen-bond donors (Lipinski definition) is 1. The summed E-state index contributed by atoms with van der Waals surface area (Å²) in [5.41, 5.74) is 0.860. The largest absolute Gasteiger partial charge is 0.478 e. The summed E-state index contributed by atoms with van der Waals surface area (Å²) in [5, 5.41) is 9.13. The summed E-state index contributed by atoms with van der Waals surface area (Å²) < 4.78 is 0. The maximum atomic E-state index is 11.1. The number of carboxylic acid groups (broad SMARTS) is 1. The van der Waals surface area contributed by atoms with Gasteiger partial charge in [-0.05, 0) is 73.5 Å². The molecule has 0 spiro atoms. The third-order valence-electron chi connectivity index (χ3n) is 6.43. The Bertz CT molecular complexity index is 384. The lowest BCUT2D eigenvalue weighted by Gasteiger charge is -2.62. The summed E-state index contributed by atoms with van der Waals surface area (Å²) in [6, 6.07) is 0. The molecule has 0 amide bonds. The predicted molar refractivity (Wildman–Crippen MR) is 75.8 cm³/mol. The number of carbonyl (C=O) groups is 1. The molecule has 4 aliphatic rings. The molecule has 1 N–H and O–H groups in total. The van der Waals surface area contributed by atoms with Crippen molar-refractivity contribution in [1.82, 2.24) is 0 Å². The molecule has 4 rings (SSSR count). The van der Waals surface area contributed by atoms with E-state index in [4.69, 9.17) is 5.11 Å². The lowest BCUT2D eigenvalue weighted by Crippen LogP contribution is -2.53. The molecule has 106 valence electrons. The molecule has 19 heavy (non-hydrogen) atoms. The number of hydrogen-bond acceptors (Lipinski definition) is 1. The number of carboxylic acids is 1. The van der Waals surface area contributed by atoms with Crippen LogP contribution in [0.15, 0.2) is 12.2 Å². The van der Waals surface area contributed by atoms with Gasteiger partial charge in [-0.15, -0.1) is 0 Å². The normalized spacial score (nSPS) is 40.4. The minimum atomic E-state index is -0.821. The predicted octanol–water partition coefficient (Wildman–Crippen LogP) is 4.26. The molecular formula is C17H26O2. The SMILES string of the molecule is C=C(CC(C)(C)C12CC3CC(CC(C3)C1)C2)C(=O)O. The zero-order valence-corrected chi connectivity index (χ0v) is 12.2. The Kier molecular flexibility index (Phi) is 2.85. The molecule has 0 saturated heterocycles. The molecule has 0 atom stereocenters. The van der Waals surface area contributed by atoms with E-state index in [9.17, 15) is 4.79 Å². The van der Waals surface area contributed by atoms with Gasteiger partial charge in [0.2, 0.25) is 0 Å². The molecule has 0 unspecified atom stereocenters. The molecule has 0 aliphatic heterocycles. The van der Waals surface area contributed by atoms with Gasteiger partial charge in [0.15, 0.2) is 0 Å². The highest BCUT2D eigenvalue weighted by Gasteiger charge is 2.56. The first-order valence-corrected chi connectivity index (χ1v) is 7.72. The van der Waals surface area contributed by atoms with Crippen molar-refractivity contribution in [2.75, 3.05) is 0 Å². The van der Waals surface area contributed by atoms with Gasteiger partial charge >= 0.3 is 5.97 Å². The van der Waals surface area contributed by atoms with Crippen molar-refractivity contribution in [3.05, 3.63) is 12.2 Å². The van der Waals surface area contributed by atoms with E-state index in [-0.39, 0.29) is 5.41 Å². The third kappa shape index (κ3) is 2.04. The molecule has 0 aromatic carbocycles. The van der Waals surface area contributed by atoms with E-state index in [2.05, 4.69) is 20.4 Å². The first kappa shape index (κ1) is 13.2. The smallest absolute Gasteiger partial charge is 0.330 e. The van der Waals surface area contributed by atoms with Crippen LogP contribution in [0.5, 0.6) is 0 Å². The second-order valence-electron chi connectivity index (χ2n) is 8.17. The van der Waals surface area contributed by atoms with Crippen molar-refractivity contribution in [3.63, 3.8) is 0 Å². The second kappa shape index (κ2) is 4.10. The fraction of sp³-hybridized carbons (Fsp3) is 0.824. The van der Waals surface area contributed by atoms with E-state index in [1.807, 2.05) is 0 Å². The van der Waals surface area contributed by atoms with Crippen molar-refractivity contribution in [2.24, 2.45) is 28.6 Å². The fourth-order valence-electron chi connectivity index (χ4n) is 5.74. The first-order chi connectivity index (χ1) is 8.81. The molecule has 0 aromatic rings. The topological polar surface area (TPSA) is 37.3 Å². The highest BCUT2D eigenvalue weighted by Crippen LogP contribution is 2.66. The monoisotopic (exact) mass is 262 g/mol. The maximum Gasteiger partial charge on any atom is 0.330 e. The Labute approximate surface area is 116 Å². The highest BCUT2D eigenvalue weighted by molar-refractivity contribution is 5.85. The van der Waals surface area contributed by atoms with Gasteiger partial charge in [-0.1, -0.05) is 20.4 Å². The van der Waals surface area contributed by atoms with Crippen LogP contribution in [0.1, 0.15) is 58.8 Å². The van der Waals surface area contributed by atoms with E-state index < -0.39 is 5.97 Å². The molecule has 0 radical (unpaired) electrons. The van der Waals surface area contributed by atoms with Gasteiger partial charge in [0.1, 0.15) is 0 Å². The molecular weight excluding hydrogens is 236 g/mol. The van der Waals surface area contributed by atoms with Gasteiger partial charge in [0, 0.05) is 5.57 Å². The van der Waals surface area contributed by atoms with Gasteiger partial charge in [-0.3, -0.25) is 0 Å². The average molecular weight is 262 g/mol. The van der Waals surface area contributed by atoms with Crippen LogP contribution in [0.3, 0.4) is 0 Å². The van der Waals surface area contributed by atoms with Gasteiger partial charge in [0.05, 0.1) is 0 Å². The molecule has 2 heteroatoms. The standard InChI is InChI=1S/C17H26O2/c1-11(15(18)19)7-16(2,3)17-8-12-4-13(9-17)6-14(5-12)10-17/h12-14H,1,4-10H2,2-3H3,(H,18,19). The van der Waals surface area contributed by atoms with Crippen LogP contribution < -0.4 is 0 Å². The summed E-state index contributed by atoms with van der Waals surface area (Å²) in [4.78, 5) is 11.1. The minimum Gasteiger partial charge on any atom is -0.478 e. The van der Waals surface area contributed by atoms with Gasteiger partial charge in [-0.25, -0.2) is 4.79 Å². The zero-order chi connectivity index (χ0) is 13.8. The molecule has 0 aromatic heterocycles. The van der Waals surface area contributed by atoms with E-state index in [0.717, 1.165) is 17.8 Å². The maximum absolute atomic E-state index is 11.1. The highest BCUT2D eigenvalue weighted by atomic mass is 16.4. The summed E-state index contributed by atoms with van der Waals surface area (Å²) in [6.45, 7) is 8.34. The van der Waals surface area contributed by atoms with Crippen LogP contribution in [0.4, 0.5) is 0 Å². The van der Waals surface area contributed by atoms with Crippen molar-refractivity contribution in [2.45, 2.75) is 58.8 Å². The van der Waals surface area contributed by atoms with Crippen molar-refractivity contribution in [1.29, 1.82) is 0 Å². The first-order valence-electron chi connectivity index (χ1n) is 7.72. The third-order valence-corrected chi connectivity index (χ3v) is 6.43. The summed E-state index contributed by atoms with van der Waals surface area (Å²) in [5.74, 6) is 1.94. The Hall–Kier alpha value is -0.790. The van der Waals surface area contributed by atoms with Gasteiger partial charge < -0.3 is 5.11 Å². The molecule has 4 fully saturated rings. The quantitative estimate of drug-likeness (QED) is 0.769. The lowest BCUT2D eigenvalue weighted by atomic mass is 9.42. The second-order valence-corrected chi connectivity index (χ2v) is 8.17. The summed E-state index contributed by atoms with van der Waals surface area (Å²) in [7, 11) is 0. The average Bonchev–Trinajstić information content (AvgIpc) is 2.25. The Morgan fingerprint density at radius 3 is 1.95 bits per heavy atom. The van der Waals surface area contributed by atoms with Crippen molar-refractivity contribution in [3.8, 4) is 0 Å². The Balaban J connectivity index is 1.83. The van der Waals surface area contributed by atoms with Crippen molar-refractivity contribution < 1.29 is 9.90 Å². The number of aliphatic carboxylic acids is 1.